The predicted octanol–water partition coefficient (Wildman–Crippen LogP) is 1.63. The zero-order valence-electron chi connectivity index (χ0n) is 10.0. The topological polar surface area (TPSA) is 128 Å². The van der Waals surface area contributed by atoms with E-state index in [1.54, 1.807) is 12.1 Å². The van der Waals surface area contributed by atoms with Crippen molar-refractivity contribution < 1.29 is 10.1 Å². The van der Waals surface area contributed by atoms with Gasteiger partial charge >= 0.3 is 0 Å². The first-order chi connectivity index (χ1) is 9.60. The molecule has 0 saturated heterocycles. The number of nitro groups is 1. The highest BCUT2D eigenvalue weighted by Crippen LogP contribution is 2.26. The van der Waals surface area contributed by atoms with Crippen molar-refractivity contribution in [1.29, 1.82) is 0 Å². The van der Waals surface area contributed by atoms with Crippen LogP contribution in [-0.2, 0) is 0 Å². The Labute approximate surface area is 117 Å². The summed E-state index contributed by atoms with van der Waals surface area (Å²) in [4.78, 5) is 18.9. The second kappa shape index (κ2) is 5.97. The summed E-state index contributed by atoms with van der Waals surface area (Å²) in [6, 6.07) is 6.09. The molecule has 0 bridgehead atoms. The van der Waals surface area contributed by atoms with Crippen LogP contribution in [0.15, 0.2) is 51.7 Å². The van der Waals surface area contributed by atoms with E-state index in [9.17, 15) is 10.1 Å². The van der Waals surface area contributed by atoms with Gasteiger partial charge < -0.3 is 10.9 Å². The zero-order chi connectivity index (χ0) is 14.5. The Kier molecular flexibility index (Phi) is 4.11. The molecule has 0 aliphatic carbocycles. The van der Waals surface area contributed by atoms with Gasteiger partial charge in [0.2, 0.25) is 0 Å². The van der Waals surface area contributed by atoms with E-state index in [0.717, 1.165) is 4.90 Å². The molecular weight excluding hydrogens is 282 g/mol. The molecule has 3 N–H and O–H groups in total. The second-order valence-electron chi connectivity index (χ2n) is 3.58. The van der Waals surface area contributed by atoms with E-state index in [0.29, 0.717) is 5.03 Å². The Morgan fingerprint density at radius 2 is 2.00 bits per heavy atom. The average Bonchev–Trinajstić information content (AvgIpc) is 2.48. The summed E-state index contributed by atoms with van der Waals surface area (Å²) in [5, 5.41) is 22.4. The number of nitrogens with zero attached hydrogens (tertiary/aromatic N) is 4. The Morgan fingerprint density at radius 3 is 2.50 bits per heavy atom. The maximum atomic E-state index is 10.5. The minimum absolute atomic E-state index is 0.0303. The van der Waals surface area contributed by atoms with Crippen LogP contribution in [0.1, 0.15) is 5.69 Å². The lowest BCUT2D eigenvalue weighted by Crippen LogP contribution is -2.15. The number of benzene rings is 1. The summed E-state index contributed by atoms with van der Waals surface area (Å²) in [6.07, 6.45) is 2.85. The SMILES string of the molecule is NC(=NO)c1cnc(Sc2ccc([N+](=O)[O-])cc2)cn1. The smallest absolute Gasteiger partial charge is 0.269 e. The van der Waals surface area contributed by atoms with Crippen molar-refractivity contribution >= 4 is 23.3 Å². The molecule has 9 heteroatoms. The van der Waals surface area contributed by atoms with Gasteiger partial charge in [0.1, 0.15) is 10.7 Å². The largest absolute Gasteiger partial charge is 0.409 e. The van der Waals surface area contributed by atoms with Crippen molar-refractivity contribution in [3.8, 4) is 0 Å². The molecule has 1 aromatic heterocycles. The van der Waals surface area contributed by atoms with Gasteiger partial charge in [-0.15, -0.1) is 0 Å². The first-order valence-corrected chi connectivity index (χ1v) is 6.14. The number of oxime groups is 1. The number of rotatable bonds is 4. The third kappa shape index (κ3) is 3.20. The van der Waals surface area contributed by atoms with Crippen molar-refractivity contribution in [2.45, 2.75) is 9.92 Å². The lowest BCUT2D eigenvalue weighted by Gasteiger charge is -2.01. The third-order valence-corrected chi connectivity index (χ3v) is 3.20. The highest BCUT2D eigenvalue weighted by Gasteiger charge is 2.06. The molecule has 0 spiro atoms. The van der Waals surface area contributed by atoms with Crippen LogP contribution in [0.3, 0.4) is 0 Å². The van der Waals surface area contributed by atoms with E-state index >= 15 is 0 Å². The van der Waals surface area contributed by atoms with Gasteiger partial charge in [-0.3, -0.25) is 10.1 Å². The summed E-state index contributed by atoms with van der Waals surface area (Å²) in [5.74, 6) is -0.121. The van der Waals surface area contributed by atoms with Crippen LogP contribution in [0.25, 0.3) is 0 Å². The fraction of sp³-hybridized carbons (Fsp3) is 0. The van der Waals surface area contributed by atoms with E-state index in [4.69, 9.17) is 10.9 Å². The molecule has 1 heterocycles. The lowest BCUT2D eigenvalue weighted by molar-refractivity contribution is -0.384. The Morgan fingerprint density at radius 1 is 1.30 bits per heavy atom. The number of nitro benzene ring substituents is 1. The standard InChI is InChI=1S/C11H9N5O3S/c12-11(15-17)9-5-14-10(6-13-9)20-8-3-1-7(2-4-8)16(18)19/h1-6,17H,(H2,12,15). The van der Waals surface area contributed by atoms with Crippen LogP contribution in [-0.4, -0.2) is 25.9 Å². The summed E-state index contributed by atoms with van der Waals surface area (Å²) in [5.41, 5.74) is 5.66. The molecule has 102 valence electrons. The number of hydrogen-bond acceptors (Lipinski definition) is 7. The fourth-order valence-electron chi connectivity index (χ4n) is 1.31. The van der Waals surface area contributed by atoms with Crippen LogP contribution in [0.4, 0.5) is 5.69 Å². The highest BCUT2D eigenvalue weighted by atomic mass is 32.2. The molecule has 0 aliphatic heterocycles. The van der Waals surface area contributed by atoms with Crippen molar-refractivity contribution in [1.82, 2.24) is 9.97 Å². The predicted molar refractivity (Wildman–Crippen MR) is 71.8 cm³/mol. The van der Waals surface area contributed by atoms with E-state index < -0.39 is 4.92 Å². The molecule has 2 aromatic rings. The molecule has 0 atom stereocenters. The third-order valence-electron chi connectivity index (χ3n) is 2.27. The number of non-ortho nitro benzene ring substituents is 1. The van der Waals surface area contributed by atoms with Crippen LogP contribution >= 0.6 is 11.8 Å². The van der Waals surface area contributed by atoms with E-state index in [1.165, 1.54) is 36.3 Å². The van der Waals surface area contributed by atoms with Crippen molar-refractivity contribution in [3.63, 3.8) is 0 Å². The molecule has 0 aliphatic rings. The van der Waals surface area contributed by atoms with Gasteiger partial charge in [0.15, 0.2) is 5.84 Å². The summed E-state index contributed by atoms with van der Waals surface area (Å²) in [7, 11) is 0. The molecule has 2 rings (SSSR count). The molecule has 20 heavy (non-hydrogen) atoms. The molecule has 0 amide bonds. The highest BCUT2D eigenvalue weighted by molar-refractivity contribution is 7.99. The Bertz CT molecular complexity index is 642. The van der Waals surface area contributed by atoms with E-state index in [2.05, 4.69) is 15.1 Å². The maximum Gasteiger partial charge on any atom is 0.269 e. The van der Waals surface area contributed by atoms with Gasteiger partial charge in [0, 0.05) is 17.0 Å². The van der Waals surface area contributed by atoms with Crippen LogP contribution in [0.2, 0.25) is 0 Å². The molecule has 0 radical (unpaired) electrons. The molecular formula is C11H9N5O3S. The van der Waals surface area contributed by atoms with Crippen LogP contribution < -0.4 is 5.73 Å². The van der Waals surface area contributed by atoms with Crippen molar-refractivity contribution in [2.75, 3.05) is 0 Å². The van der Waals surface area contributed by atoms with Gasteiger partial charge in [0.25, 0.3) is 5.69 Å². The van der Waals surface area contributed by atoms with Gasteiger partial charge in [-0.1, -0.05) is 16.9 Å². The Balaban J connectivity index is 2.12. The van der Waals surface area contributed by atoms with E-state index in [-0.39, 0.29) is 17.2 Å². The minimum atomic E-state index is -0.458. The second-order valence-corrected chi connectivity index (χ2v) is 4.67. The van der Waals surface area contributed by atoms with Crippen molar-refractivity contribution in [3.05, 3.63) is 52.5 Å². The average molecular weight is 291 g/mol. The summed E-state index contributed by atoms with van der Waals surface area (Å²) < 4.78 is 0. The first-order valence-electron chi connectivity index (χ1n) is 5.32. The molecule has 8 nitrogen and oxygen atoms in total. The molecule has 0 unspecified atom stereocenters. The number of hydrogen-bond donors (Lipinski definition) is 2. The normalized spacial score (nSPS) is 11.3. The zero-order valence-corrected chi connectivity index (χ0v) is 10.8. The minimum Gasteiger partial charge on any atom is -0.409 e. The van der Waals surface area contributed by atoms with E-state index in [1.807, 2.05) is 0 Å². The first kappa shape index (κ1) is 13.7. The van der Waals surface area contributed by atoms with Crippen molar-refractivity contribution in [2.24, 2.45) is 10.9 Å². The summed E-state index contributed by atoms with van der Waals surface area (Å²) >= 11 is 1.30. The molecule has 0 saturated carbocycles. The van der Waals surface area contributed by atoms with Crippen LogP contribution in [0.5, 0.6) is 0 Å². The maximum absolute atomic E-state index is 10.5. The fourth-order valence-corrected chi connectivity index (χ4v) is 2.03. The molecule has 1 aromatic carbocycles. The van der Waals surface area contributed by atoms with Gasteiger partial charge in [-0.05, 0) is 12.1 Å². The quantitative estimate of drug-likeness (QED) is 0.288. The summed E-state index contributed by atoms with van der Waals surface area (Å²) in [6.45, 7) is 0. The number of nitrogens with two attached hydrogens (primary N) is 1. The number of amidine groups is 1. The monoisotopic (exact) mass is 291 g/mol. The van der Waals surface area contributed by atoms with Gasteiger partial charge in [-0.25, -0.2) is 9.97 Å². The Hall–Kier alpha value is -2.68. The lowest BCUT2D eigenvalue weighted by atomic mass is 10.3. The number of aromatic nitrogens is 2. The van der Waals surface area contributed by atoms with Gasteiger partial charge in [0.05, 0.1) is 17.3 Å². The van der Waals surface area contributed by atoms with Gasteiger partial charge in [-0.2, -0.15) is 0 Å². The van der Waals surface area contributed by atoms with Crippen LogP contribution in [0, 0.1) is 10.1 Å². The molecule has 0 fully saturated rings.